The highest BCUT2D eigenvalue weighted by Gasteiger charge is 2.16. The number of nitrogens with one attached hydrogen (secondary N) is 1. The van der Waals surface area contributed by atoms with Crippen molar-refractivity contribution in [2.75, 3.05) is 6.54 Å². The summed E-state index contributed by atoms with van der Waals surface area (Å²) in [5.41, 5.74) is 1.03. The van der Waals surface area contributed by atoms with Gasteiger partial charge in [-0.25, -0.2) is 0 Å². The van der Waals surface area contributed by atoms with Crippen molar-refractivity contribution < 1.29 is 9.90 Å². The Hall–Kier alpha value is -1.61. The third-order valence-electron chi connectivity index (χ3n) is 2.32. The SMILES string of the molecule is C=CCCNC(Cc1ccccc1)C(=O)O. The first-order valence-electron chi connectivity index (χ1n) is 5.35. The van der Waals surface area contributed by atoms with Crippen molar-refractivity contribution >= 4 is 5.97 Å². The molecule has 0 bridgehead atoms. The molecule has 0 aliphatic rings. The number of carboxylic acid groups (broad SMARTS) is 1. The molecule has 3 heteroatoms. The van der Waals surface area contributed by atoms with E-state index < -0.39 is 12.0 Å². The summed E-state index contributed by atoms with van der Waals surface area (Å²) in [5.74, 6) is -0.812. The average molecular weight is 219 g/mol. The highest BCUT2D eigenvalue weighted by atomic mass is 16.4. The molecule has 1 aromatic carbocycles. The van der Waals surface area contributed by atoms with Gasteiger partial charge in [0.15, 0.2) is 0 Å². The second-order valence-electron chi connectivity index (χ2n) is 3.61. The second-order valence-corrected chi connectivity index (χ2v) is 3.61. The van der Waals surface area contributed by atoms with E-state index >= 15 is 0 Å². The zero-order valence-electron chi connectivity index (χ0n) is 9.23. The number of aliphatic carboxylic acids is 1. The van der Waals surface area contributed by atoms with E-state index in [2.05, 4.69) is 11.9 Å². The molecule has 0 radical (unpaired) electrons. The van der Waals surface area contributed by atoms with Crippen molar-refractivity contribution in [3.8, 4) is 0 Å². The molecule has 86 valence electrons. The Balaban J connectivity index is 2.51. The summed E-state index contributed by atoms with van der Waals surface area (Å²) in [6, 6.07) is 9.10. The van der Waals surface area contributed by atoms with Crippen LogP contribution in [0.5, 0.6) is 0 Å². The summed E-state index contributed by atoms with van der Waals surface area (Å²) in [6.07, 6.45) is 3.06. The number of hydrogen-bond donors (Lipinski definition) is 2. The van der Waals surface area contributed by atoms with Crippen LogP contribution in [0.3, 0.4) is 0 Å². The van der Waals surface area contributed by atoms with Gasteiger partial charge in [0.25, 0.3) is 0 Å². The van der Waals surface area contributed by atoms with Crippen LogP contribution < -0.4 is 5.32 Å². The molecule has 0 saturated carbocycles. The van der Waals surface area contributed by atoms with Crippen molar-refractivity contribution in [3.05, 3.63) is 48.6 Å². The molecule has 0 aromatic heterocycles. The summed E-state index contributed by atoms with van der Waals surface area (Å²) in [7, 11) is 0. The van der Waals surface area contributed by atoms with Gasteiger partial charge in [-0.3, -0.25) is 4.79 Å². The maximum absolute atomic E-state index is 11.0. The fourth-order valence-corrected chi connectivity index (χ4v) is 1.46. The van der Waals surface area contributed by atoms with E-state index in [1.54, 1.807) is 6.08 Å². The van der Waals surface area contributed by atoms with E-state index in [-0.39, 0.29) is 0 Å². The van der Waals surface area contributed by atoms with Crippen LogP contribution in [0.25, 0.3) is 0 Å². The molecule has 0 saturated heterocycles. The van der Waals surface area contributed by atoms with Gasteiger partial charge in [-0.05, 0) is 24.9 Å². The molecule has 0 fully saturated rings. The Bertz CT molecular complexity index is 335. The van der Waals surface area contributed by atoms with Gasteiger partial charge >= 0.3 is 5.97 Å². The summed E-state index contributed by atoms with van der Waals surface area (Å²) in [4.78, 5) is 11.0. The van der Waals surface area contributed by atoms with Crippen LogP contribution >= 0.6 is 0 Å². The zero-order valence-corrected chi connectivity index (χ0v) is 9.23. The van der Waals surface area contributed by atoms with Gasteiger partial charge in [0.1, 0.15) is 6.04 Å². The third kappa shape index (κ3) is 4.28. The number of benzene rings is 1. The van der Waals surface area contributed by atoms with Crippen LogP contribution in [0.1, 0.15) is 12.0 Å². The highest BCUT2D eigenvalue weighted by Crippen LogP contribution is 2.03. The molecule has 16 heavy (non-hydrogen) atoms. The third-order valence-corrected chi connectivity index (χ3v) is 2.32. The number of hydrogen-bond acceptors (Lipinski definition) is 2. The lowest BCUT2D eigenvalue weighted by molar-refractivity contribution is -0.139. The smallest absolute Gasteiger partial charge is 0.321 e. The molecule has 2 N–H and O–H groups in total. The Morgan fingerprint density at radius 3 is 2.69 bits per heavy atom. The minimum atomic E-state index is -0.812. The van der Waals surface area contributed by atoms with Crippen molar-refractivity contribution in [2.24, 2.45) is 0 Å². The van der Waals surface area contributed by atoms with Crippen LogP contribution in [-0.4, -0.2) is 23.7 Å². The van der Waals surface area contributed by atoms with Crippen molar-refractivity contribution in [3.63, 3.8) is 0 Å². The van der Waals surface area contributed by atoms with Crippen LogP contribution in [0.2, 0.25) is 0 Å². The first-order chi connectivity index (χ1) is 7.74. The van der Waals surface area contributed by atoms with E-state index in [1.807, 2.05) is 30.3 Å². The molecular formula is C13H17NO2. The van der Waals surface area contributed by atoms with E-state index in [1.165, 1.54) is 0 Å². The predicted octanol–water partition coefficient (Wildman–Crippen LogP) is 1.85. The fraction of sp³-hybridized carbons (Fsp3) is 0.308. The number of carboxylic acids is 1. The zero-order chi connectivity index (χ0) is 11.8. The van der Waals surface area contributed by atoms with Crippen molar-refractivity contribution in [2.45, 2.75) is 18.9 Å². The molecule has 1 atom stereocenters. The Kier molecular flexibility index (Phi) is 5.29. The molecule has 0 spiro atoms. The van der Waals surface area contributed by atoms with E-state index in [4.69, 9.17) is 5.11 Å². The Morgan fingerprint density at radius 1 is 1.44 bits per heavy atom. The first-order valence-corrected chi connectivity index (χ1v) is 5.35. The van der Waals surface area contributed by atoms with E-state index in [0.29, 0.717) is 13.0 Å². The minimum absolute atomic E-state index is 0.507. The standard InChI is InChI=1S/C13H17NO2/c1-2-3-9-14-12(13(15)16)10-11-7-5-4-6-8-11/h2,4-8,12,14H,1,3,9-10H2,(H,15,16). The predicted molar refractivity (Wildman–Crippen MR) is 64.4 cm³/mol. The van der Waals surface area contributed by atoms with Crippen molar-refractivity contribution in [1.29, 1.82) is 0 Å². The highest BCUT2D eigenvalue weighted by molar-refractivity contribution is 5.73. The molecule has 0 aliphatic heterocycles. The molecule has 0 amide bonds. The topological polar surface area (TPSA) is 49.3 Å². The van der Waals surface area contributed by atoms with Gasteiger partial charge in [0.05, 0.1) is 0 Å². The monoisotopic (exact) mass is 219 g/mol. The molecule has 0 heterocycles. The van der Waals surface area contributed by atoms with Crippen LogP contribution in [0.4, 0.5) is 0 Å². The average Bonchev–Trinajstić information content (AvgIpc) is 2.29. The molecule has 0 aliphatic carbocycles. The lowest BCUT2D eigenvalue weighted by Crippen LogP contribution is -2.38. The number of carbonyl (C=O) groups is 1. The molecule has 1 unspecified atom stereocenters. The van der Waals surface area contributed by atoms with E-state index in [0.717, 1.165) is 12.0 Å². The minimum Gasteiger partial charge on any atom is -0.480 e. The summed E-state index contributed by atoms with van der Waals surface area (Å²) in [5, 5.41) is 12.0. The quantitative estimate of drug-likeness (QED) is 0.543. The fourth-order valence-electron chi connectivity index (χ4n) is 1.46. The van der Waals surface area contributed by atoms with Crippen molar-refractivity contribution in [1.82, 2.24) is 5.32 Å². The van der Waals surface area contributed by atoms with Gasteiger partial charge in [-0.1, -0.05) is 36.4 Å². The lowest BCUT2D eigenvalue weighted by atomic mass is 10.1. The molecular weight excluding hydrogens is 202 g/mol. The molecule has 1 aromatic rings. The Morgan fingerprint density at radius 2 is 2.12 bits per heavy atom. The summed E-state index contributed by atoms with van der Waals surface area (Å²) >= 11 is 0. The summed E-state index contributed by atoms with van der Waals surface area (Å²) < 4.78 is 0. The van der Waals surface area contributed by atoms with Gasteiger partial charge in [-0.2, -0.15) is 0 Å². The second kappa shape index (κ2) is 6.80. The normalized spacial score (nSPS) is 12.0. The number of rotatable bonds is 7. The van der Waals surface area contributed by atoms with Gasteiger partial charge in [0, 0.05) is 0 Å². The molecule has 1 rings (SSSR count). The van der Waals surface area contributed by atoms with Gasteiger partial charge in [0.2, 0.25) is 0 Å². The first kappa shape index (κ1) is 12.5. The van der Waals surface area contributed by atoms with Crippen LogP contribution in [-0.2, 0) is 11.2 Å². The van der Waals surface area contributed by atoms with Crippen LogP contribution in [0.15, 0.2) is 43.0 Å². The van der Waals surface area contributed by atoms with Gasteiger partial charge in [-0.15, -0.1) is 6.58 Å². The van der Waals surface area contributed by atoms with E-state index in [9.17, 15) is 4.79 Å². The van der Waals surface area contributed by atoms with Crippen LogP contribution in [0, 0.1) is 0 Å². The summed E-state index contributed by atoms with van der Waals surface area (Å²) in [6.45, 7) is 4.25. The Labute approximate surface area is 95.8 Å². The molecule has 3 nitrogen and oxygen atoms in total. The largest absolute Gasteiger partial charge is 0.480 e. The van der Waals surface area contributed by atoms with Gasteiger partial charge < -0.3 is 10.4 Å². The maximum atomic E-state index is 11.0. The lowest BCUT2D eigenvalue weighted by Gasteiger charge is -2.13. The maximum Gasteiger partial charge on any atom is 0.321 e.